The SMILES string of the molecule is CC(C)C[C@H](NC(=O)c1cc2c(Cl)cccc2[nH]1)C(=O)NN(CCC(N)=O)C(=O)C(F)Cl. The number of aromatic amines is 1. The van der Waals surface area contributed by atoms with Crippen LogP contribution >= 0.6 is 23.2 Å². The van der Waals surface area contributed by atoms with Crippen molar-refractivity contribution in [1.29, 1.82) is 0 Å². The summed E-state index contributed by atoms with van der Waals surface area (Å²) in [6, 6.07) is 5.65. The van der Waals surface area contributed by atoms with Gasteiger partial charge in [0.15, 0.2) is 0 Å². The fourth-order valence-electron chi connectivity index (χ4n) is 2.95. The van der Waals surface area contributed by atoms with Crippen LogP contribution in [0.5, 0.6) is 0 Å². The zero-order valence-electron chi connectivity index (χ0n) is 17.5. The van der Waals surface area contributed by atoms with Gasteiger partial charge in [0.1, 0.15) is 11.7 Å². The lowest BCUT2D eigenvalue weighted by Crippen LogP contribution is -2.56. The number of hydrazine groups is 1. The molecule has 0 aliphatic rings. The topological polar surface area (TPSA) is 137 Å². The van der Waals surface area contributed by atoms with Crippen LogP contribution in [0.2, 0.25) is 5.02 Å². The molecule has 0 aliphatic carbocycles. The molecule has 0 saturated heterocycles. The van der Waals surface area contributed by atoms with Crippen LogP contribution in [0.3, 0.4) is 0 Å². The number of alkyl halides is 2. The monoisotopic (exact) mass is 487 g/mol. The molecule has 0 aliphatic heterocycles. The summed E-state index contributed by atoms with van der Waals surface area (Å²) in [6.45, 7) is 3.29. The van der Waals surface area contributed by atoms with Gasteiger partial charge in [-0.15, -0.1) is 0 Å². The Morgan fingerprint density at radius 3 is 2.50 bits per heavy atom. The molecule has 12 heteroatoms. The van der Waals surface area contributed by atoms with Gasteiger partial charge in [0.25, 0.3) is 23.4 Å². The van der Waals surface area contributed by atoms with Crippen molar-refractivity contribution < 1.29 is 23.6 Å². The van der Waals surface area contributed by atoms with Crippen LogP contribution in [0.15, 0.2) is 24.3 Å². The van der Waals surface area contributed by atoms with Gasteiger partial charge in [0.2, 0.25) is 5.91 Å². The molecule has 4 amide bonds. The van der Waals surface area contributed by atoms with Gasteiger partial charge in [-0.05, 0) is 30.5 Å². The molecule has 174 valence electrons. The fraction of sp³-hybridized carbons (Fsp3) is 0.400. The maximum absolute atomic E-state index is 13.3. The van der Waals surface area contributed by atoms with E-state index in [0.29, 0.717) is 20.9 Å². The Balaban J connectivity index is 2.19. The highest BCUT2D eigenvalue weighted by atomic mass is 35.5. The summed E-state index contributed by atoms with van der Waals surface area (Å²) in [6.07, 6.45) is -0.108. The van der Waals surface area contributed by atoms with E-state index in [1.165, 1.54) is 0 Å². The number of fused-ring (bicyclic) bond motifs is 1. The summed E-state index contributed by atoms with van der Waals surface area (Å²) in [5.41, 5.74) is 5.67. The summed E-state index contributed by atoms with van der Waals surface area (Å²) in [4.78, 5) is 51.5. The Hall–Kier alpha value is -2.85. The second-order valence-corrected chi connectivity index (χ2v) is 8.31. The summed E-state index contributed by atoms with van der Waals surface area (Å²) < 4.78 is 13.3. The van der Waals surface area contributed by atoms with Crippen molar-refractivity contribution in [3.05, 3.63) is 35.0 Å². The maximum atomic E-state index is 13.3. The van der Waals surface area contributed by atoms with E-state index in [1.807, 2.05) is 13.8 Å². The van der Waals surface area contributed by atoms with Gasteiger partial charge in [-0.2, -0.15) is 0 Å². The number of carbonyl (C=O) groups excluding carboxylic acids is 4. The molecule has 9 nitrogen and oxygen atoms in total. The second kappa shape index (κ2) is 11.1. The lowest BCUT2D eigenvalue weighted by molar-refractivity contribution is -0.144. The van der Waals surface area contributed by atoms with Crippen molar-refractivity contribution in [2.24, 2.45) is 11.7 Å². The van der Waals surface area contributed by atoms with Crippen LogP contribution in [-0.2, 0) is 14.4 Å². The second-order valence-electron chi connectivity index (χ2n) is 7.52. The average molecular weight is 488 g/mol. The highest BCUT2D eigenvalue weighted by Crippen LogP contribution is 2.24. The molecule has 32 heavy (non-hydrogen) atoms. The van der Waals surface area contributed by atoms with Crippen molar-refractivity contribution in [3.8, 4) is 0 Å². The quantitative estimate of drug-likeness (QED) is 0.318. The highest BCUT2D eigenvalue weighted by molar-refractivity contribution is 6.35. The Labute approximate surface area is 193 Å². The molecule has 5 N–H and O–H groups in total. The molecular weight excluding hydrogens is 464 g/mol. The third-order valence-electron chi connectivity index (χ3n) is 4.46. The number of amides is 4. The summed E-state index contributed by atoms with van der Waals surface area (Å²) in [5.74, 6) is -3.39. The predicted molar refractivity (Wildman–Crippen MR) is 118 cm³/mol. The first-order chi connectivity index (χ1) is 15.0. The van der Waals surface area contributed by atoms with Gasteiger partial charge in [-0.1, -0.05) is 43.1 Å². The first-order valence-electron chi connectivity index (χ1n) is 9.76. The molecule has 1 unspecified atom stereocenters. The third-order valence-corrected chi connectivity index (χ3v) is 4.98. The molecule has 1 aromatic heterocycles. The normalized spacial score (nSPS) is 12.9. The zero-order valence-corrected chi connectivity index (χ0v) is 19.0. The molecule has 0 fully saturated rings. The lowest BCUT2D eigenvalue weighted by atomic mass is 10.0. The highest BCUT2D eigenvalue weighted by Gasteiger charge is 2.29. The van der Waals surface area contributed by atoms with Gasteiger partial charge in [-0.25, -0.2) is 9.40 Å². The Bertz CT molecular complexity index is 1010. The molecule has 0 radical (unpaired) electrons. The number of hydrogen-bond donors (Lipinski definition) is 4. The largest absolute Gasteiger partial charge is 0.370 e. The first-order valence-corrected chi connectivity index (χ1v) is 10.6. The van der Waals surface area contributed by atoms with E-state index in [2.05, 4.69) is 15.7 Å². The number of nitrogens with two attached hydrogens (primary N) is 1. The van der Waals surface area contributed by atoms with Crippen LogP contribution in [0.4, 0.5) is 4.39 Å². The van der Waals surface area contributed by atoms with E-state index in [4.69, 9.17) is 28.9 Å². The van der Waals surface area contributed by atoms with Crippen molar-refractivity contribution in [1.82, 2.24) is 20.7 Å². The average Bonchev–Trinajstić information content (AvgIpc) is 3.15. The number of nitrogens with one attached hydrogen (secondary N) is 3. The molecule has 1 aromatic carbocycles. The summed E-state index contributed by atoms with van der Waals surface area (Å²) >= 11 is 11.3. The van der Waals surface area contributed by atoms with Gasteiger partial charge < -0.3 is 16.0 Å². The Morgan fingerprint density at radius 1 is 1.25 bits per heavy atom. The minimum Gasteiger partial charge on any atom is -0.370 e. The standard InChI is InChI=1S/C20H24Cl2FN5O4/c1-10(2)8-14(19(31)27-28(7-6-16(24)29)20(32)17(22)23)26-18(30)15-9-11-12(21)4-3-5-13(11)25-15/h3-5,9-10,14,17,25H,6-8H2,1-2H3,(H2,24,29)(H,26,30)(H,27,31)/t14-,17?/m0/s1. The van der Waals surface area contributed by atoms with E-state index in [0.717, 1.165) is 0 Å². The Kier molecular flexibility index (Phi) is 8.85. The minimum atomic E-state index is -2.43. The maximum Gasteiger partial charge on any atom is 0.291 e. The van der Waals surface area contributed by atoms with Crippen LogP contribution in [0.25, 0.3) is 10.9 Å². The molecule has 1 heterocycles. The zero-order chi connectivity index (χ0) is 24.0. The molecule has 0 bridgehead atoms. The molecule has 2 atom stereocenters. The van der Waals surface area contributed by atoms with E-state index >= 15 is 0 Å². The van der Waals surface area contributed by atoms with Crippen LogP contribution in [-0.4, -0.2) is 51.8 Å². The van der Waals surface area contributed by atoms with E-state index in [1.54, 1.807) is 24.3 Å². The molecule has 0 saturated carbocycles. The van der Waals surface area contributed by atoms with Crippen molar-refractivity contribution in [2.45, 2.75) is 38.4 Å². The van der Waals surface area contributed by atoms with Crippen molar-refractivity contribution in [2.75, 3.05) is 6.54 Å². The fourth-order valence-corrected chi connectivity index (χ4v) is 3.30. The minimum absolute atomic E-state index is 0.0140. The van der Waals surface area contributed by atoms with Crippen LogP contribution in [0.1, 0.15) is 37.2 Å². The number of H-pyrrole nitrogens is 1. The van der Waals surface area contributed by atoms with Crippen molar-refractivity contribution in [3.63, 3.8) is 0 Å². The lowest BCUT2D eigenvalue weighted by Gasteiger charge is -2.27. The van der Waals surface area contributed by atoms with E-state index < -0.39 is 35.3 Å². The number of hydrogen-bond acceptors (Lipinski definition) is 4. The van der Waals surface area contributed by atoms with Gasteiger partial charge in [0.05, 0.1) is 6.54 Å². The van der Waals surface area contributed by atoms with E-state index in [9.17, 15) is 23.6 Å². The van der Waals surface area contributed by atoms with Crippen molar-refractivity contribution >= 4 is 57.7 Å². The Morgan fingerprint density at radius 2 is 1.94 bits per heavy atom. The van der Waals surface area contributed by atoms with Gasteiger partial charge in [0, 0.05) is 22.3 Å². The van der Waals surface area contributed by atoms with Crippen LogP contribution < -0.4 is 16.5 Å². The number of aromatic nitrogens is 1. The number of primary amides is 1. The van der Waals surface area contributed by atoms with E-state index in [-0.39, 0.29) is 31.0 Å². The number of benzene rings is 1. The van der Waals surface area contributed by atoms with Gasteiger partial charge >= 0.3 is 0 Å². The first kappa shape index (κ1) is 25.4. The van der Waals surface area contributed by atoms with Crippen LogP contribution in [0, 0.1) is 5.92 Å². The number of nitrogens with zero attached hydrogens (tertiary/aromatic N) is 1. The molecule has 2 aromatic rings. The molecule has 2 rings (SSSR count). The smallest absolute Gasteiger partial charge is 0.291 e. The number of carbonyl (C=O) groups is 4. The number of rotatable bonds is 9. The molecular formula is C20H24Cl2FN5O4. The summed E-state index contributed by atoms with van der Waals surface area (Å²) in [7, 11) is 0. The van der Waals surface area contributed by atoms with Gasteiger partial charge in [-0.3, -0.25) is 24.6 Å². The molecule has 0 spiro atoms. The predicted octanol–water partition coefficient (Wildman–Crippen LogP) is 2.24. The third kappa shape index (κ3) is 6.83. The summed E-state index contributed by atoms with van der Waals surface area (Å²) in [5, 5.41) is 4.28. The number of halogens is 3.